The van der Waals surface area contributed by atoms with E-state index in [-0.39, 0.29) is 0 Å². The summed E-state index contributed by atoms with van der Waals surface area (Å²) in [6, 6.07) is 1.41. The average molecular weight is 225 g/mol. The monoisotopic (exact) mass is 225 g/mol. The summed E-state index contributed by atoms with van der Waals surface area (Å²) in [5.41, 5.74) is 0. The lowest BCUT2D eigenvalue weighted by Crippen LogP contribution is -2.46. The number of ether oxygens (including phenoxy) is 1. The minimum atomic E-state index is 0.574. The van der Waals surface area contributed by atoms with Gasteiger partial charge in [0.2, 0.25) is 0 Å². The van der Waals surface area contributed by atoms with Crippen molar-refractivity contribution in [1.29, 1.82) is 0 Å². The van der Waals surface area contributed by atoms with Gasteiger partial charge in [-0.2, -0.15) is 0 Å². The Bertz CT molecular complexity index is 207. The largest absolute Gasteiger partial charge is 0.378 e. The molecule has 1 N–H and O–H groups in total. The van der Waals surface area contributed by atoms with E-state index in [1.165, 1.54) is 44.9 Å². The number of fused-ring (bicyclic) bond motifs is 1. The predicted molar refractivity (Wildman–Crippen MR) is 67.6 cm³/mol. The Balaban J connectivity index is 1.79. The van der Waals surface area contributed by atoms with E-state index in [2.05, 4.69) is 19.2 Å². The van der Waals surface area contributed by atoms with Crippen molar-refractivity contribution < 1.29 is 4.74 Å². The van der Waals surface area contributed by atoms with E-state index in [0.717, 1.165) is 18.6 Å². The van der Waals surface area contributed by atoms with Crippen molar-refractivity contribution in [1.82, 2.24) is 5.32 Å². The van der Waals surface area contributed by atoms with Crippen LogP contribution in [0.15, 0.2) is 0 Å². The summed E-state index contributed by atoms with van der Waals surface area (Å²) in [7, 11) is 0. The van der Waals surface area contributed by atoms with Crippen LogP contribution in [0.1, 0.15) is 58.8 Å². The van der Waals surface area contributed by atoms with Gasteiger partial charge in [0.25, 0.3) is 0 Å². The van der Waals surface area contributed by atoms with E-state index in [9.17, 15) is 0 Å². The van der Waals surface area contributed by atoms with E-state index in [4.69, 9.17) is 4.74 Å². The molecule has 4 atom stereocenters. The minimum Gasteiger partial charge on any atom is -0.378 e. The van der Waals surface area contributed by atoms with E-state index in [1.807, 2.05) is 0 Å². The molecule has 16 heavy (non-hydrogen) atoms. The average Bonchev–Trinajstić information content (AvgIpc) is 2.75. The molecule has 0 aromatic carbocycles. The maximum absolute atomic E-state index is 5.81. The molecule has 2 rings (SSSR count). The summed E-state index contributed by atoms with van der Waals surface area (Å²) in [6.07, 6.45) is 9.85. The van der Waals surface area contributed by atoms with Gasteiger partial charge in [0.15, 0.2) is 0 Å². The van der Waals surface area contributed by atoms with Gasteiger partial charge >= 0.3 is 0 Å². The molecule has 1 saturated heterocycles. The highest BCUT2D eigenvalue weighted by Crippen LogP contribution is 2.34. The van der Waals surface area contributed by atoms with Crippen LogP contribution in [0.25, 0.3) is 0 Å². The van der Waals surface area contributed by atoms with Crippen LogP contribution in [0.3, 0.4) is 0 Å². The first-order chi connectivity index (χ1) is 7.81. The molecular formula is C14H27NO. The van der Waals surface area contributed by atoms with Crippen molar-refractivity contribution in [2.24, 2.45) is 5.92 Å². The first kappa shape index (κ1) is 12.4. The lowest BCUT2D eigenvalue weighted by molar-refractivity contribution is 0.0512. The molecule has 1 aliphatic carbocycles. The molecule has 1 heterocycles. The molecule has 94 valence electrons. The highest BCUT2D eigenvalue weighted by Gasteiger charge is 2.37. The Morgan fingerprint density at radius 3 is 3.00 bits per heavy atom. The van der Waals surface area contributed by atoms with E-state index in [0.29, 0.717) is 12.1 Å². The zero-order chi connectivity index (χ0) is 11.4. The third-order valence-corrected chi connectivity index (χ3v) is 4.27. The van der Waals surface area contributed by atoms with E-state index in [1.54, 1.807) is 0 Å². The third-order valence-electron chi connectivity index (χ3n) is 4.27. The van der Waals surface area contributed by atoms with Crippen LogP contribution in [-0.4, -0.2) is 24.8 Å². The molecule has 1 saturated carbocycles. The Labute approximate surface area is 100 Å². The smallest absolute Gasteiger partial charge is 0.0619 e. The molecule has 0 aromatic heterocycles. The molecule has 4 unspecified atom stereocenters. The van der Waals surface area contributed by atoms with Crippen molar-refractivity contribution in [2.45, 2.75) is 77.0 Å². The quantitative estimate of drug-likeness (QED) is 0.776. The number of nitrogens with one attached hydrogen (secondary N) is 1. The van der Waals surface area contributed by atoms with Crippen molar-refractivity contribution in [2.75, 3.05) is 6.61 Å². The molecule has 0 aromatic rings. The summed E-state index contributed by atoms with van der Waals surface area (Å²) in [6.45, 7) is 5.61. The second-order valence-corrected chi connectivity index (χ2v) is 5.61. The van der Waals surface area contributed by atoms with Crippen LogP contribution in [0.5, 0.6) is 0 Å². The first-order valence-electron chi connectivity index (χ1n) is 7.19. The van der Waals surface area contributed by atoms with Crippen molar-refractivity contribution >= 4 is 0 Å². The lowest BCUT2D eigenvalue weighted by atomic mass is 9.81. The van der Waals surface area contributed by atoms with Crippen LogP contribution in [0, 0.1) is 5.92 Å². The second kappa shape index (κ2) is 6.02. The molecule has 2 aliphatic rings. The zero-order valence-electron chi connectivity index (χ0n) is 10.9. The summed E-state index contributed by atoms with van der Waals surface area (Å²) in [4.78, 5) is 0. The molecule has 0 bridgehead atoms. The number of hydrogen-bond acceptors (Lipinski definition) is 2. The van der Waals surface area contributed by atoms with Gasteiger partial charge in [0.05, 0.1) is 6.10 Å². The molecule has 2 fully saturated rings. The van der Waals surface area contributed by atoms with Crippen LogP contribution in [-0.2, 0) is 4.74 Å². The fraction of sp³-hybridized carbons (Fsp3) is 1.00. The van der Waals surface area contributed by atoms with Crippen LogP contribution >= 0.6 is 0 Å². The fourth-order valence-electron chi connectivity index (χ4n) is 3.34. The van der Waals surface area contributed by atoms with Crippen LogP contribution in [0.4, 0.5) is 0 Å². The standard InChI is InChI=1S/C14H27NO/c1-3-4-6-11(2)15-13-7-5-8-14-12(13)9-10-16-14/h11-15H,3-10H2,1-2H3. The number of unbranched alkanes of at least 4 members (excludes halogenated alkanes) is 1. The fourth-order valence-corrected chi connectivity index (χ4v) is 3.34. The van der Waals surface area contributed by atoms with E-state index >= 15 is 0 Å². The highest BCUT2D eigenvalue weighted by atomic mass is 16.5. The maximum Gasteiger partial charge on any atom is 0.0619 e. The van der Waals surface area contributed by atoms with Crippen molar-refractivity contribution in [3.8, 4) is 0 Å². The van der Waals surface area contributed by atoms with Gasteiger partial charge in [-0.05, 0) is 39.0 Å². The van der Waals surface area contributed by atoms with Gasteiger partial charge in [-0.15, -0.1) is 0 Å². The second-order valence-electron chi connectivity index (χ2n) is 5.61. The van der Waals surface area contributed by atoms with Gasteiger partial charge in [0, 0.05) is 24.6 Å². The normalized spacial score (nSPS) is 36.0. The molecule has 1 aliphatic heterocycles. The summed E-state index contributed by atoms with van der Waals surface area (Å²) >= 11 is 0. The SMILES string of the molecule is CCCCC(C)NC1CCCC2OCCC12. The van der Waals surface area contributed by atoms with Gasteiger partial charge in [-0.1, -0.05) is 19.8 Å². The molecular weight excluding hydrogens is 198 g/mol. The predicted octanol–water partition coefficient (Wildman–Crippen LogP) is 3.11. The van der Waals surface area contributed by atoms with Crippen molar-refractivity contribution in [3.63, 3.8) is 0 Å². The maximum atomic E-state index is 5.81. The number of rotatable bonds is 5. The lowest BCUT2D eigenvalue weighted by Gasteiger charge is -2.35. The van der Waals surface area contributed by atoms with Crippen LogP contribution < -0.4 is 5.32 Å². The van der Waals surface area contributed by atoms with Gasteiger partial charge in [-0.25, -0.2) is 0 Å². The number of hydrogen-bond donors (Lipinski definition) is 1. The third kappa shape index (κ3) is 2.98. The topological polar surface area (TPSA) is 21.3 Å². The minimum absolute atomic E-state index is 0.574. The van der Waals surface area contributed by atoms with Gasteiger partial charge < -0.3 is 10.1 Å². The Kier molecular flexibility index (Phi) is 4.66. The summed E-state index contributed by atoms with van der Waals surface area (Å²) < 4.78 is 5.81. The Hall–Kier alpha value is -0.0800. The highest BCUT2D eigenvalue weighted by molar-refractivity contribution is 4.91. The van der Waals surface area contributed by atoms with E-state index < -0.39 is 0 Å². The summed E-state index contributed by atoms with van der Waals surface area (Å²) in [5, 5.41) is 3.85. The molecule has 0 amide bonds. The molecule has 0 radical (unpaired) electrons. The van der Waals surface area contributed by atoms with Crippen molar-refractivity contribution in [3.05, 3.63) is 0 Å². The van der Waals surface area contributed by atoms with Crippen LogP contribution in [0.2, 0.25) is 0 Å². The molecule has 2 nitrogen and oxygen atoms in total. The Morgan fingerprint density at radius 2 is 2.19 bits per heavy atom. The molecule has 0 spiro atoms. The molecule has 2 heteroatoms. The summed E-state index contributed by atoms with van der Waals surface area (Å²) in [5.74, 6) is 0.804. The zero-order valence-corrected chi connectivity index (χ0v) is 10.9. The van der Waals surface area contributed by atoms with Gasteiger partial charge in [-0.3, -0.25) is 0 Å². The first-order valence-corrected chi connectivity index (χ1v) is 7.19. The van der Waals surface area contributed by atoms with Gasteiger partial charge in [0.1, 0.15) is 0 Å². The Morgan fingerprint density at radius 1 is 1.31 bits per heavy atom.